The van der Waals surface area contributed by atoms with E-state index in [2.05, 4.69) is 31.5 Å². The van der Waals surface area contributed by atoms with Gasteiger partial charge in [-0.15, -0.1) is 10.2 Å². The predicted molar refractivity (Wildman–Crippen MR) is 111 cm³/mol. The number of azo groups is 1. The first-order chi connectivity index (χ1) is 12.7. The minimum Gasteiger partial charge on any atom is -0.493 e. The number of fused-ring (bicyclic) bond motifs is 1. The number of anilines is 1. The minimum atomic E-state index is -3.76. The van der Waals surface area contributed by atoms with Gasteiger partial charge in [-0.25, -0.2) is 13.6 Å². The quantitative estimate of drug-likeness (QED) is 0.399. The van der Waals surface area contributed by atoms with Gasteiger partial charge in [-0.2, -0.15) is 0 Å². The van der Waals surface area contributed by atoms with Crippen molar-refractivity contribution in [3.8, 4) is 5.88 Å². The Kier molecular flexibility index (Phi) is 5.29. The number of rotatable bonds is 3. The van der Waals surface area contributed by atoms with Crippen molar-refractivity contribution < 1.29 is 13.5 Å². The average Bonchev–Trinajstić information content (AvgIpc) is 2.83. The van der Waals surface area contributed by atoms with Crippen LogP contribution in [0.1, 0.15) is 0 Å². The summed E-state index contributed by atoms with van der Waals surface area (Å²) in [5.74, 6) is -0.0350. The number of nitrogens with one attached hydrogen (secondary N) is 1. The molecule has 11 heteroatoms. The summed E-state index contributed by atoms with van der Waals surface area (Å²) in [6, 6.07) is 11.2. The number of aromatic hydroxyl groups is 1. The number of nitrogens with zero attached hydrogens (tertiary/aromatic N) is 3. The summed E-state index contributed by atoms with van der Waals surface area (Å²) < 4.78 is 25.0. The number of aryl methyl sites for hydroxylation is 1. The van der Waals surface area contributed by atoms with Crippen molar-refractivity contribution in [3.05, 3.63) is 46.9 Å². The summed E-state index contributed by atoms with van der Waals surface area (Å²) in [7, 11) is -2.04. The van der Waals surface area contributed by atoms with E-state index < -0.39 is 10.0 Å². The summed E-state index contributed by atoms with van der Waals surface area (Å²) >= 11 is 8.52. The highest BCUT2D eigenvalue weighted by atomic mass is 79.9. The third-order valence-corrected chi connectivity index (χ3v) is 5.39. The normalized spacial score (nSPS) is 12.0. The molecule has 0 aliphatic carbocycles. The summed E-state index contributed by atoms with van der Waals surface area (Å²) in [5, 5.41) is 26.9. The van der Waals surface area contributed by atoms with Crippen LogP contribution < -0.4 is 10.5 Å². The van der Waals surface area contributed by atoms with Gasteiger partial charge >= 0.3 is 0 Å². The third-order valence-electron chi connectivity index (χ3n) is 3.78. The minimum absolute atomic E-state index is 0.00701. The van der Waals surface area contributed by atoms with Crippen molar-refractivity contribution in [2.24, 2.45) is 22.4 Å². The molecule has 0 saturated carbocycles. The van der Waals surface area contributed by atoms with E-state index >= 15 is 0 Å². The Hall–Kier alpha value is -2.34. The highest BCUT2D eigenvalue weighted by Gasteiger charge is 2.14. The average molecular weight is 468 g/mol. The number of hydrogen-bond donors (Lipinski definition) is 3. The second-order valence-corrected chi connectivity index (χ2v) is 8.46. The molecule has 0 aliphatic heterocycles. The number of benzene rings is 2. The molecule has 4 N–H and O–H groups in total. The van der Waals surface area contributed by atoms with Gasteiger partial charge in [-0.1, -0.05) is 15.9 Å². The van der Waals surface area contributed by atoms with Crippen LogP contribution in [0, 0.1) is 0 Å². The number of aromatic nitrogens is 1. The highest BCUT2D eigenvalue weighted by molar-refractivity contribution is 9.10. The van der Waals surface area contributed by atoms with E-state index in [-0.39, 0.29) is 15.9 Å². The first kappa shape index (κ1) is 19.4. The summed E-state index contributed by atoms with van der Waals surface area (Å²) in [6.45, 7) is 0. The number of hydrogen-bond acceptors (Lipinski definition) is 5. The Morgan fingerprint density at radius 2 is 1.93 bits per heavy atom. The lowest BCUT2D eigenvalue weighted by Crippen LogP contribution is -2.12. The molecular formula is C16H14BrN5O3S2. The Morgan fingerprint density at radius 1 is 1.26 bits per heavy atom. The maximum absolute atomic E-state index is 11.3. The van der Waals surface area contributed by atoms with Crippen molar-refractivity contribution in [2.75, 3.05) is 5.32 Å². The van der Waals surface area contributed by atoms with Gasteiger partial charge in [0.2, 0.25) is 21.0 Å². The Bertz CT molecular complexity index is 1170. The standard InChI is InChI=1S/C16H14BrN5O3S2/c1-22-13-8-9(17)2-7-12(13)14(15(22)23)20-21-16(26)19-10-3-5-11(6-4-10)27(18,24)25/h2-8,23H,1H3,(H,19,26)(H2,18,24,25). The SMILES string of the molecule is Cn1c(O)c(N=NC(=S)Nc2ccc(S(N)(=O)=O)cc2)c2ccc(Br)cc21. The zero-order valence-corrected chi connectivity index (χ0v) is 17.1. The topological polar surface area (TPSA) is 122 Å². The Balaban J connectivity index is 1.81. The number of thiocarbonyl (C=S) groups is 1. The second kappa shape index (κ2) is 7.35. The molecule has 8 nitrogen and oxygen atoms in total. The molecule has 1 aromatic heterocycles. The first-order valence-corrected chi connectivity index (χ1v) is 10.2. The molecular weight excluding hydrogens is 454 g/mol. The number of nitrogens with two attached hydrogens (primary N) is 1. The largest absolute Gasteiger partial charge is 0.493 e. The summed E-state index contributed by atoms with van der Waals surface area (Å²) in [4.78, 5) is -0.00701. The fourth-order valence-electron chi connectivity index (χ4n) is 2.45. The van der Waals surface area contributed by atoms with Crippen LogP contribution in [0.2, 0.25) is 0 Å². The fraction of sp³-hybridized carbons (Fsp3) is 0.0625. The van der Waals surface area contributed by atoms with Gasteiger partial charge in [-0.05, 0) is 54.7 Å². The van der Waals surface area contributed by atoms with E-state index in [1.807, 2.05) is 18.2 Å². The van der Waals surface area contributed by atoms with Crippen molar-refractivity contribution in [3.63, 3.8) is 0 Å². The van der Waals surface area contributed by atoms with Gasteiger partial charge in [0, 0.05) is 22.6 Å². The molecule has 0 unspecified atom stereocenters. The lowest BCUT2D eigenvalue weighted by Gasteiger charge is -2.04. The predicted octanol–water partition coefficient (Wildman–Crippen LogP) is 3.77. The number of sulfonamides is 1. The van der Waals surface area contributed by atoms with Gasteiger partial charge in [0.25, 0.3) is 0 Å². The molecule has 0 saturated heterocycles. The lowest BCUT2D eigenvalue weighted by atomic mass is 10.2. The Morgan fingerprint density at radius 3 is 2.56 bits per heavy atom. The molecule has 0 radical (unpaired) electrons. The van der Waals surface area contributed by atoms with Gasteiger partial charge in [-0.3, -0.25) is 0 Å². The Labute approximate surface area is 168 Å². The van der Waals surface area contributed by atoms with Gasteiger partial charge in [0.15, 0.2) is 5.69 Å². The van der Waals surface area contributed by atoms with Crippen LogP contribution in [0.15, 0.2) is 62.1 Å². The van der Waals surface area contributed by atoms with Crippen LogP contribution in [0.4, 0.5) is 11.4 Å². The number of halogens is 1. The summed E-state index contributed by atoms with van der Waals surface area (Å²) in [6.07, 6.45) is 0. The van der Waals surface area contributed by atoms with Crippen LogP contribution in [-0.4, -0.2) is 23.2 Å². The maximum Gasteiger partial charge on any atom is 0.238 e. The maximum atomic E-state index is 11.3. The lowest BCUT2D eigenvalue weighted by molar-refractivity contribution is 0.436. The molecule has 0 amide bonds. The number of primary sulfonamides is 1. The molecule has 0 spiro atoms. The first-order valence-electron chi connectivity index (χ1n) is 7.49. The molecule has 3 rings (SSSR count). The second-order valence-electron chi connectivity index (χ2n) is 5.59. The van der Waals surface area contributed by atoms with Crippen LogP contribution in [0.5, 0.6) is 5.88 Å². The van der Waals surface area contributed by atoms with E-state index in [9.17, 15) is 13.5 Å². The molecule has 1 heterocycles. The summed E-state index contributed by atoms with van der Waals surface area (Å²) in [5.41, 5.74) is 1.61. The molecule has 0 fully saturated rings. The van der Waals surface area contributed by atoms with E-state index in [0.29, 0.717) is 11.4 Å². The zero-order chi connectivity index (χ0) is 19.8. The van der Waals surface area contributed by atoms with Crippen molar-refractivity contribution in [2.45, 2.75) is 4.90 Å². The molecule has 0 aliphatic rings. The molecule has 0 atom stereocenters. The third kappa shape index (κ3) is 4.16. The van der Waals surface area contributed by atoms with Gasteiger partial charge in [0.1, 0.15) is 0 Å². The zero-order valence-electron chi connectivity index (χ0n) is 13.9. The van der Waals surface area contributed by atoms with Crippen molar-refractivity contribution in [1.29, 1.82) is 0 Å². The molecule has 0 bridgehead atoms. The smallest absolute Gasteiger partial charge is 0.238 e. The van der Waals surface area contributed by atoms with E-state index in [1.165, 1.54) is 24.3 Å². The van der Waals surface area contributed by atoms with Crippen molar-refractivity contribution in [1.82, 2.24) is 4.57 Å². The highest BCUT2D eigenvalue weighted by Crippen LogP contribution is 2.39. The molecule has 140 valence electrons. The van der Waals surface area contributed by atoms with Gasteiger partial charge in [0.05, 0.1) is 10.4 Å². The molecule has 3 aromatic rings. The van der Waals surface area contributed by atoms with E-state index in [4.69, 9.17) is 17.4 Å². The monoisotopic (exact) mass is 467 g/mol. The van der Waals surface area contributed by atoms with Crippen LogP contribution in [0.3, 0.4) is 0 Å². The van der Waals surface area contributed by atoms with Crippen LogP contribution in [0.25, 0.3) is 10.9 Å². The molecule has 27 heavy (non-hydrogen) atoms. The van der Waals surface area contributed by atoms with Crippen LogP contribution >= 0.6 is 28.1 Å². The van der Waals surface area contributed by atoms with E-state index in [0.717, 1.165) is 15.4 Å². The van der Waals surface area contributed by atoms with E-state index in [1.54, 1.807) is 11.6 Å². The molecule has 2 aromatic carbocycles. The van der Waals surface area contributed by atoms with Crippen LogP contribution in [-0.2, 0) is 17.1 Å². The van der Waals surface area contributed by atoms with Crippen molar-refractivity contribution >= 4 is 65.6 Å². The fourth-order valence-corrected chi connectivity index (χ4v) is 3.47. The van der Waals surface area contributed by atoms with Gasteiger partial charge < -0.3 is 15.0 Å².